The molecule has 0 atom stereocenters. The van der Waals surface area contributed by atoms with Crippen LogP contribution < -0.4 is 5.43 Å². The highest BCUT2D eigenvalue weighted by atomic mass is 16.3. The molecule has 1 heterocycles. The van der Waals surface area contributed by atoms with Crippen molar-refractivity contribution in [2.24, 2.45) is 28.3 Å². The van der Waals surface area contributed by atoms with Crippen molar-refractivity contribution in [3.63, 3.8) is 0 Å². The van der Waals surface area contributed by atoms with Gasteiger partial charge in [-0.05, 0) is 87.5 Å². The van der Waals surface area contributed by atoms with E-state index >= 15 is 0 Å². The molecule has 0 spiro atoms. The number of hydrogen-bond acceptors (Lipinski definition) is 3. The van der Waals surface area contributed by atoms with Gasteiger partial charge in [0, 0.05) is 0 Å². The summed E-state index contributed by atoms with van der Waals surface area (Å²) in [6.45, 7) is 1.89. The molecule has 4 aliphatic carbocycles. The second-order valence-electron chi connectivity index (χ2n) is 7.74. The molecule has 1 N–H and O–H groups in total. The van der Waals surface area contributed by atoms with E-state index in [9.17, 15) is 4.79 Å². The molecule has 23 heavy (non-hydrogen) atoms. The third-order valence-corrected chi connectivity index (χ3v) is 5.89. The number of carbonyl (C=O) groups is 1. The molecule has 4 heteroatoms. The summed E-state index contributed by atoms with van der Waals surface area (Å²) < 4.78 is 5.24. The topological polar surface area (TPSA) is 54.6 Å². The van der Waals surface area contributed by atoms with Crippen molar-refractivity contribution in [3.8, 4) is 0 Å². The summed E-state index contributed by atoms with van der Waals surface area (Å²) >= 11 is 0. The van der Waals surface area contributed by atoms with Gasteiger partial charge in [0.15, 0.2) is 0 Å². The number of furan rings is 1. The molecule has 4 saturated carbocycles. The largest absolute Gasteiger partial charge is 0.465 e. The second kappa shape index (κ2) is 5.66. The van der Waals surface area contributed by atoms with Gasteiger partial charge in [-0.2, -0.15) is 5.10 Å². The molecule has 1 aromatic heterocycles. The quantitative estimate of drug-likeness (QED) is 0.675. The number of amides is 1. The zero-order valence-electron chi connectivity index (χ0n) is 13.6. The lowest BCUT2D eigenvalue weighted by atomic mass is 9.49. The molecule has 4 fully saturated rings. The lowest BCUT2D eigenvalue weighted by Crippen LogP contribution is -2.52. The average molecular weight is 312 g/mol. The lowest BCUT2D eigenvalue weighted by molar-refractivity contribution is -0.146. The minimum atomic E-state index is -0.136. The van der Waals surface area contributed by atoms with Crippen molar-refractivity contribution in [1.82, 2.24) is 5.43 Å². The first-order valence-corrected chi connectivity index (χ1v) is 8.69. The molecular weight excluding hydrogens is 288 g/mol. The Morgan fingerprint density at radius 2 is 1.91 bits per heavy atom. The predicted octanol–water partition coefficient (Wildman–Crippen LogP) is 4.00. The SMILES string of the molecule is CC(/C=C\c1ccco1)=NNC(=O)C12CC3CC(CC(C3)C1)C2. The number of rotatable bonds is 4. The van der Waals surface area contributed by atoms with E-state index in [1.165, 1.54) is 19.3 Å². The fraction of sp³-hybridized carbons (Fsp3) is 0.579. The normalized spacial score (nSPS) is 35.9. The monoisotopic (exact) mass is 312 g/mol. The van der Waals surface area contributed by atoms with Gasteiger partial charge in [-0.1, -0.05) is 0 Å². The van der Waals surface area contributed by atoms with E-state index in [2.05, 4.69) is 10.5 Å². The Morgan fingerprint density at radius 3 is 2.48 bits per heavy atom. The Hall–Kier alpha value is -1.84. The van der Waals surface area contributed by atoms with E-state index in [0.717, 1.165) is 48.5 Å². The average Bonchev–Trinajstić information content (AvgIpc) is 3.02. The Labute approximate surface area is 137 Å². The Morgan fingerprint density at radius 1 is 1.26 bits per heavy atom. The van der Waals surface area contributed by atoms with Crippen molar-refractivity contribution in [1.29, 1.82) is 0 Å². The molecule has 0 saturated heterocycles. The zero-order chi connectivity index (χ0) is 15.9. The fourth-order valence-corrected chi connectivity index (χ4v) is 5.27. The van der Waals surface area contributed by atoms with Crippen molar-refractivity contribution < 1.29 is 9.21 Å². The molecule has 0 aromatic carbocycles. The molecule has 4 bridgehead atoms. The highest BCUT2D eigenvalue weighted by Crippen LogP contribution is 2.60. The van der Waals surface area contributed by atoms with Crippen LogP contribution in [0.3, 0.4) is 0 Å². The van der Waals surface area contributed by atoms with Crippen LogP contribution in [0.1, 0.15) is 51.2 Å². The van der Waals surface area contributed by atoms with E-state index in [4.69, 9.17) is 4.42 Å². The molecule has 4 nitrogen and oxygen atoms in total. The number of hydrogen-bond donors (Lipinski definition) is 1. The van der Waals surface area contributed by atoms with Gasteiger partial charge in [-0.15, -0.1) is 0 Å². The minimum Gasteiger partial charge on any atom is -0.465 e. The maximum absolute atomic E-state index is 12.8. The van der Waals surface area contributed by atoms with Crippen molar-refractivity contribution in [2.75, 3.05) is 0 Å². The molecular formula is C19H24N2O2. The summed E-state index contributed by atoms with van der Waals surface area (Å²) in [7, 11) is 0. The minimum absolute atomic E-state index is 0.136. The summed E-state index contributed by atoms with van der Waals surface area (Å²) in [6.07, 6.45) is 12.6. The Bertz CT molecular complexity index is 607. The Kier molecular flexibility index (Phi) is 3.63. The van der Waals surface area contributed by atoms with E-state index in [-0.39, 0.29) is 11.3 Å². The zero-order valence-corrected chi connectivity index (χ0v) is 13.6. The van der Waals surface area contributed by atoms with Crippen LogP contribution in [-0.4, -0.2) is 11.6 Å². The first kappa shape index (κ1) is 14.7. The smallest absolute Gasteiger partial charge is 0.246 e. The fourth-order valence-electron chi connectivity index (χ4n) is 5.27. The van der Waals surface area contributed by atoms with Crippen LogP contribution in [0.15, 0.2) is 34.0 Å². The van der Waals surface area contributed by atoms with Crippen LogP contribution in [0.2, 0.25) is 0 Å². The van der Waals surface area contributed by atoms with Gasteiger partial charge in [-0.25, -0.2) is 5.43 Å². The molecule has 0 radical (unpaired) electrons. The predicted molar refractivity (Wildman–Crippen MR) is 89.6 cm³/mol. The van der Waals surface area contributed by atoms with Crippen LogP contribution >= 0.6 is 0 Å². The summed E-state index contributed by atoms with van der Waals surface area (Å²) in [6, 6.07) is 3.73. The lowest BCUT2D eigenvalue weighted by Gasteiger charge is -2.55. The van der Waals surface area contributed by atoms with Crippen LogP contribution in [0.25, 0.3) is 6.08 Å². The molecule has 4 aliphatic rings. The summed E-state index contributed by atoms with van der Waals surface area (Å²) in [5.74, 6) is 3.25. The van der Waals surface area contributed by atoms with E-state index < -0.39 is 0 Å². The summed E-state index contributed by atoms with van der Waals surface area (Å²) in [5, 5.41) is 4.27. The maximum Gasteiger partial charge on any atom is 0.246 e. The van der Waals surface area contributed by atoms with Crippen molar-refractivity contribution in [2.45, 2.75) is 45.4 Å². The van der Waals surface area contributed by atoms with Gasteiger partial charge in [0.1, 0.15) is 5.76 Å². The van der Waals surface area contributed by atoms with Crippen molar-refractivity contribution >= 4 is 17.7 Å². The molecule has 0 aliphatic heterocycles. The first-order chi connectivity index (χ1) is 11.1. The van der Waals surface area contributed by atoms with E-state index in [1.54, 1.807) is 6.26 Å². The number of allylic oxidation sites excluding steroid dienone is 1. The molecule has 1 amide bonds. The van der Waals surface area contributed by atoms with Crippen molar-refractivity contribution in [3.05, 3.63) is 30.2 Å². The van der Waals surface area contributed by atoms with Gasteiger partial charge in [-0.3, -0.25) is 4.79 Å². The van der Waals surface area contributed by atoms with E-state index in [0.29, 0.717) is 0 Å². The van der Waals surface area contributed by atoms with Gasteiger partial charge in [0.2, 0.25) is 5.91 Å². The van der Waals surface area contributed by atoms with Gasteiger partial charge in [0.25, 0.3) is 0 Å². The third-order valence-electron chi connectivity index (χ3n) is 5.89. The molecule has 1 aromatic rings. The molecule has 0 unspecified atom stereocenters. The number of nitrogens with one attached hydrogen (secondary N) is 1. The Balaban J connectivity index is 1.41. The maximum atomic E-state index is 12.8. The molecule has 122 valence electrons. The van der Waals surface area contributed by atoms with Gasteiger partial charge >= 0.3 is 0 Å². The highest BCUT2D eigenvalue weighted by molar-refractivity contribution is 5.97. The van der Waals surface area contributed by atoms with Gasteiger partial charge < -0.3 is 4.42 Å². The number of carbonyl (C=O) groups excluding carboxylic acids is 1. The molecule has 5 rings (SSSR count). The van der Waals surface area contributed by atoms with E-state index in [1.807, 2.05) is 31.2 Å². The van der Waals surface area contributed by atoms with Crippen LogP contribution in [-0.2, 0) is 4.79 Å². The summed E-state index contributed by atoms with van der Waals surface area (Å²) in [4.78, 5) is 12.8. The third kappa shape index (κ3) is 2.87. The highest BCUT2D eigenvalue weighted by Gasteiger charge is 2.54. The standard InChI is InChI=1S/C19H24N2O2/c1-13(4-5-17-3-2-6-23-17)20-21-18(22)19-10-14-7-15(11-19)9-16(8-14)12-19/h2-6,14-16H,7-12H2,1H3,(H,21,22)/b5-4-,20-13?. The van der Waals surface area contributed by atoms with Crippen LogP contribution in [0, 0.1) is 23.2 Å². The number of nitrogens with zero attached hydrogens (tertiary/aromatic N) is 1. The first-order valence-electron chi connectivity index (χ1n) is 8.69. The summed E-state index contributed by atoms with van der Waals surface area (Å²) in [5.41, 5.74) is 3.48. The van der Waals surface area contributed by atoms with Crippen LogP contribution in [0.5, 0.6) is 0 Å². The van der Waals surface area contributed by atoms with Gasteiger partial charge in [0.05, 0.1) is 17.4 Å². The second-order valence-corrected chi connectivity index (χ2v) is 7.74. The number of hydrazone groups is 1. The van der Waals surface area contributed by atoms with Crippen LogP contribution in [0.4, 0.5) is 0 Å².